The van der Waals surface area contributed by atoms with Gasteiger partial charge in [-0.1, -0.05) is 41.2 Å². The molecule has 4 aromatic rings. The van der Waals surface area contributed by atoms with Crippen molar-refractivity contribution in [3.63, 3.8) is 0 Å². The number of hydrogen-bond donors (Lipinski definition) is 1. The molecule has 3 heterocycles. The van der Waals surface area contributed by atoms with Gasteiger partial charge in [0.25, 0.3) is 5.91 Å². The molecular weight excluding hydrogens is 460 g/mol. The number of rotatable bonds is 2. The zero-order chi connectivity index (χ0) is 25.2. The number of aromatic nitrogens is 2. The molecule has 1 N–H and O–H groups in total. The molecule has 1 fully saturated rings. The van der Waals surface area contributed by atoms with Crippen molar-refractivity contribution >= 4 is 38.5 Å². The predicted molar refractivity (Wildman–Crippen MR) is 141 cm³/mol. The van der Waals surface area contributed by atoms with E-state index in [4.69, 9.17) is 9.72 Å². The highest BCUT2D eigenvalue weighted by Crippen LogP contribution is 2.30. The largest absolute Gasteiger partial charge is 0.444 e. The molecule has 35 heavy (non-hydrogen) atoms. The van der Waals surface area contributed by atoms with Gasteiger partial charge in [-0.15, -0.1) is 0 Å². The maximum Gasteiger partial charge on any atom is 0.410 e. The van der Waals surface area contributed by atoms with E-state index in [1.54, 1.807) is 23.3 Å². The summed E-state index contributed by atoms with van der Waals surface area (Å²) in [6, 6.07) is 14.1. The Hall–Kier alpha value is -3.39. The van der Waals surface area contributed by atoms with E-state index in [2.05, 4.69) is 47.1 Å². The summed E-state index contributed by atoms with van der Waals surface area (Å²) < 4.78 is 8.35. The number of hydrogen-bond acceptors (Lipinski definition) is 5. The Morgan fingerprint density at radius 2 is 1.74 bits per heavy atom. The normalized spacial score (nSPS) is 13.6. The van der Waals surface area contributed by atoms with Gasteiger partial charge < -0.3 is 15.0 Å². The monoisotopic (exact) mass is 492 g/mol. The zero-order valence-corrected chi connectivity index (χ0v) is 21.7. The first-order valence-corrected chi connectivity index (χ1v) is 12.6. The van der Waals surface area contributed by atoms with Crippen molar-refractivity contribution in [1.29, 1.82) is 0 Å². The second kappa shape index (κ2) is 10.1. The predicted octanol–water partition coefficient (Wildman–Crippen LogP) is 5.90. The summed E-state index contributed by atoms with van der Waals surface area (Å²) in [5.74, 6) is -0.0710. The van der Waals surface area contributed by atoms with Gasteiger partial charge in [-0.3, -0.25) is 9.20 Å². The van der Waals surface area contributed by atoms with Crippen LogP contribution in [0.25, 0.3) is 26.4 Å². The molecule has 184 valence electrons. The van der Waals surface area contributed by atoms with Gasteiger partial charge in [-0.05, 0) is 58.7 Å². The van der Waals surface area contributed by atoms with E-state index in [1.165, 1.54) is 5.56 Å². The van der Waals surface area contributed by atoms with E-state index in [1.807, 2.05) is 39.0 Å². The second-order valence-corrected chi connectivity index (χ2v) is 10.7. The number of amides is 2. The first-order valence-electron chi connectivity index (χ1n) is 11.8. The van der Waals surface area contributed by atoms with Crippen molar-refractivity contribution < 1.29 is 14.3 Å². The fraction of sp³-hybridized carbons (Fsp3) is 0.370. The molecule has 0 aliphatic carbocycles. The van der Waals surface area contributed by atoms with Gasteiger partial charge in [0.1, 0.15) is 5.60 Å². The number of likely N-dealkylation sites (tertiary alicyclic amines) is 1. The smallest absolute Gasteiger partial charge is 0.410 e. The first kappa shape index (κ1) is 24.7. The maximum atomic E-state index is 11.7. The third-order valence-corrected chi connectivity index (χ3v) is 6.71. The molecule has 5 rings (SSSR count). The molecule has 0 spiro atoms. The van der Waals surface area contributed by atoms with Gasteiger partial charge in [0.05, 0.1) is 15.9 Å². The number of nitrogens with one attached hydrogen (secondary N) is 1. The Kier molecular flexibility index (Phi) is 7.12. The van der Waals surface area contributed by atoms with Crippen LogP contribution in [0.15, 0.2) is 48.7 Å². The van der Waals surface area contributed by atoms with Gasteiger partial charge in [0.2, 0.25) is 0 Å². The van der Waals surface area contributed by atoms with Crippen LogP contribution in [0.5, 0.6) is 0 Å². The number of thiazole rings is 1. The zero-order valence-electron chi connectivity index (χ0n) is 20.9. The van der Waals surface area contributed by atoms with Crippen LogP contribution < -0.4 is 5.32 Å². The van der Waals surface area contributed by atoms with E-state index in [9.17, 15) is 9.59 Å². The number of imidazole rings is 1. The van der Waals surface area contributed by atoms with E-state index >= 15 is 0 Å². The molecule has 0 bridgehead atoms. The number of carbonyl (C=O) groups is 2. The van der Waals surface area contributed by atoms with Crippen molar-refractivity contribution in [2.24, 2.45) is 0 Å². The van der Waals surface area contributed by atoms with Gasteiger partial charge in [-0.25, -0.2) is 9.78 Å². The van der Waals surface area contributed by atoms with Gasteiger partial charge in [0.15, 0.2) is 4.96 Å². The lowest BCUT2D eigenvalue weighted by molar-refractivity contribution is 0.0295. The summed E-state index contributed by atoms with van der Waals surface area (Å²) in [4.78, 5) is 30.5. The Morgan fingerprint density at radius 1 is 1.06 bits per heavy atom. The van der Waals surface area contributed by atoms with Crippen LogP contribution in [-0.2, 0) is 4.74 Å². The maximum absolute atomic E-state index is 11.7. The molecule has 1 aliphatic heterocycles. The highest BCUT2D eigenvalue weighted by molar-refractivity contribution is 7.23. The Balaban J connectivity index is 0.000000204. The molecule has 2 amide bonds. The number of benzene rings is 2. The average Bonchev–Trinajstić information content (AvgIpc) is 3.54. The summed E-state index contributed by atoms with van der Waals surface area (Å²) >= 11 is 1.59. The minimum atomic E-state index is -0.361. The summed E-state index contributed by atoms with van der Waals surface area (Å²) in [5.41, 5.74) is 4.70. The summed E-state index contributed by atoms with van der Waals surface area (Å²) in [6.07, 6.45) is 4.11. The third kappa shape index (κ3) is 5.82. The first-order chi connectivity index (χ1) is 16.6. The number of nitrogens with zero attached hydrogens (tertiary/aromatic N) is 3. The highest BCUT2D eigenvalue weighted by Gasteiger charge is 2.24. The van der Waals surface area contributed by atoms with E-state index in [-0.39, 0.29) is 17.6 Å². The fourth-order valence-electron chi connectivity index (χ4n) is 3.88. The van der Waals surface area contributed by atoms with Crippen LogP contribution in [0.3, 0.4) is 0 Å². The van der Waals surface area contributed by atoms with E-state index in [0.717, 1.165) is 52.4 Å². The van der Waals surface area contributed by atoms with Crippen molar-refractivity contribution in [3.8, 4) is 11.3 Å². The van der Waals surface area contributed by atoms with Gasteiger partial charge in [0, 0.05) is 37.5 Å². The van der Waals surface area contributed by atoms with Crippen LogP contribution in [0.2, 0.25) is 0 Å². The van der Waals surface area contributed by atoms with Crippen molar-refractivity contribution in [2.45, 2.75) is 46.1 Å². The highest BCUT2D eigenvalue weighted by atomic mass is 32.1. The van der Waals surface area contributed by atoms with E-state index < -0.39 is 0 Å². The Morgan fingerprint density at radius 3 is 2.37 bits per heavy atom. The number of fused-ring (bicyclic) bond motifs is 3. The van der Waals surface area contributed by atoms with Crippen molar-refractivity contribution in [3.05, 3.63) is 59.8 Å². The minimum Gasteiger partial charge on any atom is -0.444 e. The van der Waals surface area contributed by atoms with Crippen molar-refractivity contribution in [2.75, 3.05) is 20.1 Å². The summed E-state index contributed by atoms with van der Waals surface area (Å²) in [6.45, 7) is 9.46. The topological polar surface area (TPSA) is 75.9 Å². The molecule has 2 aromatic carbocycles. The molecule has 1 aliphatic rings. The van der Waals surface area contributed by atoms with Crippen LogP contribution in [-0.4, -0.2) is 52.0 Å². The Bertz CT molecular complexity index is 1340. The molecule has 7 nitrogen and oxygen atoms in total. The SMILES string of the molecule is CC(C)(C)OC(=O)N1CCCC1.CNC(=O)c1ccc2c(c1)sc1nc(-c3ccc(C)cc3)cn12. The molecular formula is C27H32N4O3S. The van der Waals surface area contributed by atoms with Crippen LogP contribution in [0, 0.1) is 6.92 Å². The number of carbonyl (C=O) groups excluding carboxylic acids is 2. The van der Waals surface area contributed by atoms with Crippen LogP contribution >= 0.6 is 11.3 Å². The summed E-state index contributed by atoms with van der Waals surface area (Å²) in [5, 5.41) is 2.65. The minimum absolute atomic E-state index is 0.0710. The average molecular weight is 493 g/mol. The van der Waals surface area contributed by atoms with Crippen LogP contribution in [0.1, 0.15) is 49.5 Å². The molecule has 0 unspecified atom stereocenters. The Labute approximate surface area is 209 Å². The molecule has 0 saturated carbocycles. The van der Waals surface area contributed by atoms with E-state index in [0.29, 0.717) is 5.56 Å². The number of ether oxygens (including phenoxy) is 1. The molecule has 0 atom stereocenters. The molecule has 2 aromatic heterocycles. The quantitative estimate of drug-likeness (QED) is 0.378. The molecule has 0 radical (unpaired) electrons. The fourth-order valence-corrected chi connectivity index (χ4v) is 4.92. The third-order valence-electron chi connectivity index (χ3n) is 5.69. The lowest BCUT2D eigenvalue weighted by Crippen LogP contribution is -2.34. The lowest BCUT2D eigenvalue weighted by atomic mass is 10.1. The second-order valence-electron chi connectivity index (χ2n) is 9.68. The molecule has 8 heteroatoms. The van der Waals surface area contributed by atoms with Crippen LogP contribution in [0.4, 0.5) is 4.79 Å². The van der Waals surface area contributed by atoms with Gasteiger partial charge in [-0.2, -0.15) is 0 Å². The van der Waals surface area contributed by atoms with Crippen molar-refractivity contribution in [1.82, 2.24) is 19.6 Å². The lowest BCUT2D eigenvalue weighted by Gasteiger charge is -2.23. The molecule has 1 saturated heterocycles. The summed E-state index contributed by atoms with van der Waals surface area (Å²) in [7, 11) is 1.64. The van der Waals surface area contributed by atoms with Gasteiger partial charge >= 0.3 is 6.09 Å². The number of aryl methyl sites for hydroxylation is 1. The standard InChI is InChI=1S/C18H15N3OS.C9H17NO2/c1-11-3-5-12(6-4-11)14-10-21-15-8-7-13(17(22)19-2)9-16(15)23-18(21)20-14;1-9(2,3)12-8(11)10-6-4-5-7-10/h3-10H,1-2H3,(H,19,22);4-7H2,1-3H3.